The van der Waals surface area contributed by atoms with E-state index < -0.39 is 17.8 Å². The number of nitrogens with one attached hydrogen (secondary N) is 1. The van der Waals surface area contributed by atoms with Crippen molar-refractivity contribution in [2.45, 2.75) is 26.2 Å². The van der Waals surface area contributed by atoms with Crippen LogP contribution in [0.3, 0.4) is 0 Å². The highest BCUT2D eigenvalue weighted by molar-refractivity contribution is 5.95. The molecule has 0 unspecified atom stereocenters. The molecule has 1 heterocycles. The highest BCUT2D eigenvalue weighted by Crippen LogP contribution is 2.52. The van der Waals surface area contributed by atoms with E-state index in [-0.39, 0.29) is 17.7 Å². The molecule has 4 atom stereocenters. The van der Waals surface area contributed by atoms with Crippen molar-refractivity contribution in [1.29, 1.82) is 0 Å². The number of hydrogen-bond donors (Lipinski definition) is 2. The van der Waals surface area contributed by atoms with E-state index in [0.717, 1.165) is 25.0 Å². The summed E-state index contributed by atoms with van der Waals surface area (Å²) in [6.45, 7) is 1.85. The number of aliphatic carboxylic acids is 1. The van der Waals surface area contributed by atoms with Gasteiger partial charge in [-0.05, 0) is 50.2 Å². The molecule has 0 aliphatic heterocycles. The molecular weight excluding hydrogens is 256 g/mol. The Bertz CT molecular complexity index is 558. The number of amides is 1. The van der Waals surface area contributed by atoms with Crippen molar-refractivity contribution in [2.24, 2.45) is 23.7 Å². The number of nitrogens with zero attached hydrogens (tertiary/aromatic N) is 1. The number of carbonyl (C=O) groups is 2. The maximum atomic E-state index is 12.4. The normalized spacial score (nSPS) is 31.2. The lowest BCUT2D eigenvalue weighted by atomic mass is 9.79. The second-order valence-electron chi connectivity index (χ2n) is 5.88. The summed E-state index contributed by atoms with van der Waals surface area (Å²) >= 11 is 0. The van der Waals surface area contributed by atoms with E-state index in [2.05, 4.69) is 10.3 Å². The van der Waals surface area contributed by atoms with Crippen LogP contribution >= 0.6 is 0 Å². The Morgan fingerprint density at radius 2 is 1.95 bits per heavy atom. The summed E-state index contributed by atoms with van der Waals surface area (Å²) in [4.78, 5) is 28.1. The standard InChI is InChI=1S/C15H18N2O3/c1-8-3-2-4-11(16-8)17-14(18)12-9-5-6-10(7-9)13(12)15(19)20/h2-4,9-10,12-13H,5-7H2,1H3,(H,19,20)(H,16,17,18)/t9-,10-,12-,13+/m0/s1. The van der Waals surface area contributed by atoms with Crippen molar-refractivity contribution in [3.63, 3.8) is 0 Å². The third kappa shape index (κ3) is 2.17. The predicted molar refractivity (Wildman–Crippen MR) is 73.1 cm³/mol. The zero-order chi connectivity index (χ0) is 14.3. The van der Waals surface area contributed by atoms with E-state index in [1.54, 1.807) is 6.07 Å². The first-order valence-corrected chi connectivity index (χ1v) is 7.03. The first kappa shape index (κ1) is 13.1. The third-order valence-electron chi connectivity index (χ3n) is 4.64. The molecule has 1 aromatic heterocycles. The summed E-state index contributed by atoms with van der Waals surface area (Å²) in [6, 6.07) is 5.41. The fourth-order valence-electron chi connectivity index (χ4n) is 3.85. The van der Waals surface area contributed by atoms with E-state index in [4.69, 9.17) is 0 Å². The lowest BCUT2D eigenvalue weighted by Crippen LogP contribution is -2.38. The topological polar surface area (TPSA) is 79.3 Å². The van der Waals surface area contributed by atoms with Crippen LogP contribution in [0.2, 0.25) is 0 Å². The number of hydrogen-bond acceptors (Lipinski definition) is 3. The van der Waals surface area contributed by atoms with Gasteiger partial charge in [-0.25, -0.2) is 4.98 Å². The van der Waals surface area contributed by atoms with Gasteiger partial charge >= 0.3 is 5.97 Å². The van der Waals surface area contributed by atoms with Crippen LogP contribution in [0.25, 0.3) is 0 Å². The number of fused-ring (bicyclic) bond motifs is 2. The highest BCUT2D eigenvalue weighted by Gasteiger charge is 2.54. The molecular formula is C15H18N2O3. The van der Waals surface area contributed by atoms with Crippen molar-refractivity contribution in [3.05, 3.63) is 23.9 Å². The Balaban J connectivity index is 1.78. The number of carboxylic acids is 1. The van der Waals surface area contributed by atoms with Gasteiger partial charge in [0.05, 0.1) is 11.8 Å². The maximum absolute atomic E-state index is 12.4. The second kappa shape index (κ2) is 4.89. The van der Waals surface area contributed by atoms with E-state index in [1.807, 2.05) is 19.1 Å². The molecule has 5 nitrogen and oxygen atoms in total. The number of pyridine rings is 1. The smallest absolute Gasteiger partial charge is 0.307 e. The summed E-state index contributed by atoms with van der Waals surface area (Å²) in [7, 11) is 0. The molecule has 1 aromatic rings. The van der Waals surface area contributed by atoms with Crippen LogP contribution in [-0.4, -0.2) is 22.0 Å². The van der Waals surface area contributed by atoms with Crippen LogP contribution in [0, 0.1) is 30.6 Å². The lowest BCUT2D eigenvalue weighted by molar-refractivity contribution is -0.148. The van der Waals surface area contributed by atoms with Crippen LogP contribution in [0.4, 0.5) is 5.82 Å². The van der Waals surface area contributed by atoms with Crippen molar-refractivity contribution < 1.29 is 14.7 Å². The minimum absolute atomic E-state index is 0.165. The molecule has 2 bridgehead atoms. The monoisotopic (exact) mass is 274 g/mol. The number of aryl methyl sites for hydroxylation is 1. The fourth-order valence-corrected chi connectivity index (χ4v) is 3.85. The summed E-state index contributed by atoms with van der Waals surface area (Å²) in [5.41, 5.74) is 0.825. The summed E-state index contributed by atoms with van der Waals surface area (Å²) in [6.07, 6.45) is 2.78. The number of carbonyl (C=O) groups excluding carboxylic acids is 1. The SMILES string of the molecule is Cc1cccc(NC(=O)[C@H]2[C@H]3CC[C@@H](C3)[C@H]2C(=O)O)n1. The summed E-state index contributed by atoms with van der Waals surface area (Å²) in [5.74, 6) is -1.09. The lowest BCUT2D eigenvalue weighted by Gasteiger charge is -2.26. The molecule has 2 aliphatic rings. The number of anilines is 1. The molecule has 2 aliphatic carbocycles. The zero-order valence-electron chi connectivity index (χ0n) is 11.4. The molecule has 0 saturated heterocycles. The predicted octanol–water partition coefficient (Wildman–Crippen LogP) is 2.08. The average Bonchev–Trinajstić information content (AvgIpc) is 2.98. The van der Waals surface area contributed by atoms with Gasteiger partial charge in [0, 0.05) is 5.69 Å². The third-order valence-corrected chi connectivity index (χ3v) is 4.64. The molecule has 2 N–H and O–H groups in total. The summed E-state index contributed by atoms with van der Waals surface area (Å²) in [5, 5.41) is 12.2. The van der Waals surface area contributed by atoms with Gasteiger partial charge in [0.25, 0.3) is 0 Å². The molecule has 0 spiro atoms. The van der Waals surface area contributed by atoms with Gasteiger partial charge in [0.2, 0.25) is 5.91 Å². The average molecular weight is 274 g/mol. The first-order chi connectivity index (χ1) is 9.56. The molecule has 5 heteroatoms. The quantitative estimate of drug-likeness (QED) is 0.884. The van der Waals surface area contributed by atoms with Crippen LogP contribution in [0.5, 0.6) is 0 Å². The van der Waals surface area contributed by atoms with Crippen LogP contribution in [0.1, 0.15) is 25.0 Å². The minimum Gasteiger partial charge on any atom is -0.481 e. The van der Waals surface area contributed by atoms with Crippen molar-refractivity contribution in [1.82, 2.24) is 4.98 Å². The van der Waals surface area contributed by atoms with Crippen LogP contribution in [0.15, 0.2) is 18.2 Å². The van der Waals surface area contributed by atoms with Crippen molar-refractivity contribution >= 4 is 17.7 Å². The Kier molecular flexibility index (Phi) is 3.20. The van der Waals surface area contributed by atoms with Gasteiger partial charge in [0.15, 0.2) is 0 Å². The Morgan fingerprint density at radius 1 is 1.25 bits per heavy atom. The van der Waals surface area contributed by atoms with Gasteiger partial charge < -0.3 is 10.4 Å². The Labute approximate surface area is 117 Å². The van der Waals surface area contributed by atoms with Gasteiger partial charge in [-0.1, -0.05) is 6.07 Å². The molecule has 2 saturated carbocycles. The van der Waals surface area contributed by atoms with Gasteiger partial charge in [-0.3, -0.25) is 9.59 Å². The molecule has 0 aromatic carbocycles. The van der Waals surface area contributed by atoms with E-state index in [0.29, 0.717) is 5.82 Å². The zero-order valence-corrected chi connectivity index (χ0v) is 11.4. The molecule has 3 rings (SSSR count). The molecule has 0 radical (unpaired) electrons. The fraction of sp³-hybridized carbons (Fsp3) is 0.533. The summed E-state index contributed by atoms with van der Waals surface area (Å²) < 4.78 is 0. The largest absolute Gasteiger partial charge is 0.481 e. The minimum atomic E-state index is -0.838. The molecule has 2 fully saturated rings. The van der Waals surface area contributed by atoms with Crippen molar-refractivity contribution in [3.8, 4) is 0 Å². The number of aromatic nitrogens is 1. The highest BCUT2D eigenvalue weighted by atomic mass is 16.4. The van der Waals surface area contributed by atoms with Crippen molar-refractivity contribution in [2.75, 3.05) is 5.32 Å². The van der Waals surface area contributed by atoms with Gasteiger partial charge in [-0.2, -0.15) is 0 Å². The second-order valence-corrected chi connectivity index (χ2v) is 5.88. The van der Waals surface area contributed by atoms with Crippen LogP contribution < -0.4 is 5.32 Å². The Morgan fingerprint density at radius 3 is 2.60 bits per heavy atom. The number of carboxylic acid groups (broad SMARTS) is 1. The van der Waals surface area contributed by atoms with E-state index in [1.165, 1.54) is 0 Å². The van der Waals surface area contributed by atoms with Gasteiger partial charge in [-0.15, -0.1) is 0 Å². The maximum Gasteiger partial charge on any atom is 0.307 e. The van der Waals surface area contributed by atoms with Gasteiger partial charge in [0.1, 0.15) is 5.82 Å². The van der Waals surface area contributed by atoms with Crippen LogP contribution in [-0.2, 0) is 9.59 Å². The number of rotatable bonds is 3. The van der Waals surface area contributed by atoms with E-state index >= 15 is 0 Å². The molecule has 106 valence electrons. The first-order valence-electron chi connectivity index (χ1n) is 7.03. The van der Waals surface area contributed by atoms with E-state index in [9.17, 15) is 14.7 Å². The Hall–Kier alpha value is -1.91. The molecule has 20 heavy (non-hydrogen) atoms. The molecule has 1 amide bonds.